The zero-order chi connectivity index (χ0) is 23.8. The van der Waals surface area contributed by atoms with Gasteiger partial charge in [-0.25, -0.2) is 4.79 Å². The first-order chi connectivity index (χ1) is 15.9. The van der Waals surface area contributed by atoms with Crippen molar-refractivity contribution in [1.29, 1.82) is 0 Å². The number of nitrogens with zero attached hydrogens (tertiary/aromatic N) is 2. The van der Waals surface area contributed by atoms with E-state index >= 15 is 0 Å². The van der Waals surface area contributed by atoms with Crippen molar-refractivity contribution in [3.05, 3.63) is 110 Å². The maximum atomic E-state index is 12.1. The molecule has 3 aromatic carbocycles. The second kappa shape index (κ2) is 10.5. The van der Waals surface area contributed by atoms with E-state index in [2.05, 4.69) is 0 Å². The van der Waals surface area contributed by atoms with Crippen molar-refractivity contribution >= 4 is 35.6 Å². The van der Waals surface area contributed by atoms with Crippen molar-refractivity contribution in [2.24, 2.45) is 0 Å². The van der Waals surface area contributed by atoms with Crippen LogP contribution >= 0.6 is 0 Å². The van der Waals surface area contributed by atoms with Crippen molar-refractivity contribution in [3.8, 4) is 11.5 Å². The Morgan fingerprint density at radius 2 is 1.58 bits per heavy atom. The second-order valence-electron chi connectivity index (χ2n) is 6.67. The first-order valence-corrected chi connectivity index (χ1v) is 9.61. The Morgan fingerprint density at radius 1 is 0.818 bits per heavy atom. The molecule has 0 saturated heterocycles. The van der Waals surface area contributed by atoms with Gasteiger partial charge in [0, 0.05) is 12.1 Å². The fraction of sp³-hybridized carbons (Fsp3) is 0.0417. The molecule has 0 radical (unpaired) electrons. The number of carbonyl (C=O) groups is 1. The Bertz CT molecular complexity index is 1250. The Kier molecular flexibility index (Phi) is 7.28. The van der Waals surface area contributed by atoms with Gasteiger partial charge in [-0.3, -0.25) is 20.2 Å². The number of methoxy groups -OCH3 is 1. The van der Waals surface area contributed by atoms with Crippen molar-refractivity contribution < 1.29 is 24.1 Å². The summed E-state index contributed by atoms with van der Waals surface area (Å²) < 4.78 is 10.6. The molecular formula is C24H18N2O7. The van der Waals surface area contributed by atoms with Crippen LogP contribution in [-0.4, -0.2) is 22.9 Å². The topological polar surface area (TPSA) is 122 Å². The van der Waals surface area contributed by atoms with Crippen LogP contribution in [-0.2, 0) is 4.79 Å². The molecule has 9 nitrogen and oxygen atoms in total. The summed E-state index contributed by atoms with van der Waals surface area (Å²) in [6, 6.07) is 17.5. The average Bonchev–Trinajstić information content (AvgIpc) is 2.82. The maximum absolute atomic E-state index is 12.1. The van der Waals surface area contributed by atoms with E-state index in [1.165, 1.54) is 37.5 Å². The number of nitro benzene ring substituents is 2. The summed E-state index contributed by atoms with van der Waals surface area (Å²) in [4.78, 5) is 32.9. The molecule has 0 N–H and O–H groups in total. The molecule has 0 aliphatic rings. The van der Waals surface area contributed by atoms with E-state index in [0.29, 0.717) is 5.56 Å². The molecule has 9 heteroatoms. The van der Waals surface area contributed by atoms with Gasteiger partial charge in [0.2, 0.25) is 0 Å². The van der Waals surface area contributed by atoms with Crippen molar-refractivity contribution in [1.82, 2.24) is 0 Å². The third-order valence-corrected chi connectivity index (χ3v) is 4.49. The summed E-state index contributed by atoms with van der Waals surface area (Å²) in [6.07, 6.45) is 5.97. The number of benzene rings is 3. The third kappa shape index (κ3) is 6.11. The van der Waals surface area contributed by atoms with Crippen molar-refractivity contribution in [2.45, 2.75) is 0 Å². The lowest BCUT2D eigenvalue weighted by Crippen LogP contribution is -2.05. The Morgan fingerprint density at radius 3 is 2.24 bits per heavy atom. The molecule has 0 amide bonds. The van der Waals surface area contributed by atoms with Crippen LogP contribution in [0.5, 0.6) is 11.5 Å². The van der Waals surface area contributed by atoms with Crippen LogP contribution in [0.3, 0.4) is 0 Å². The van der Waals surface area contributed by atoms with Gasteiger partial charge in [0.05, 0.1) is 28.6 Å². The average molecular weight is 446 g/mol. The fourth-order valence-corrected chi connectivity index (χ4v) is 2.87. The summed E-state index contributed by atoms with van der Waals surface area (Å²) in [5.74, 6) is -0.0857. The van der Waals surface area contributed by atoms with Crippen LogP contribution in [0.2, 0.25) is 0 Å². The number of esters is 1. The molecule has 0 spiro atoms. The van der Waals surface area contributed by atoms with Gasteiger partial charge in [0.1, 0.15) is 0 Å². The highest BCUT2D eigenvalue weighted by molar-refractivity contribution is 5.89. The quantitative estimate of drug-likeness (QED) is 0.115. The summed E-state index contributed by atoms with van der Waals surface area (Å²) in [7, 11) is 1.42. The highest BCUT2D eigenvalue weighted by Crippen LogP contribution is 2.30. The van der Waals surface area contributed by atoms with Gasteiger partial charge < -0.3 is 9.47 Å². The molecule has 0 aliphatic heterocycles. The Hall–Kier alpha value is -4.79. The molecule has 0 aliphatic carbocycles. The van der Waals surface area contributed by atoms with Crippen LogP contribution < -0.4 is 9.47 Å². The minimum atomic E-state index is -0.694. The molecule has 3 aromatic rings. The van der Waals surface area contributed by atoms with Crippen molar-refractivity contribution in [2.75, 3.05) is 7.11 Å². The van der Waals surface area contributed by atoms with Gasteiger partial charge in [-0.05, 0) is 41.5 Å². The van der Waals surface area contributed by atoms with Crippen molar-refractivity contribution in [3.63, 3.8) is 0 Å². The number of nitro groups is 2. The lowest BCUT2D eigenvalue weighted by Gasteiger charge is -2.08. The van der Waals surface area contributed by atoms with Crippen LogP contribution in [0.4, 0.5) is 11.4 Å². The van der Waals surface area contributed by atoms with Crippen LogP contribution in [0.1, 0.15) is 16.7 Å². The van der Waals surface area contributed by atoms with Gasteiger partial charge in [0.15, 0.2) is 11.5 Å². The number of carbonyl (C=O) groups excluding carboxylic acids is 1. The molecule has 3 rings (SSSR count). The highest BCUT2D eigenvalue weighted by atomic mass is 16.6. The molecule has 0 atom stereocenters. The number of hydrogen-bond acceptors (Lipinski definition) is 7. The fourth-order valence-electron chi connectivity index (χ4n) is 2.87. The highest BCUT2D eigenvalue weighted by Gasteiger charge is 2.17. The van der Waals surface area contributed by atoms with Crippen LogP contribution in [0.15, 0.2) is 72.8 Å². The van der Waals surface area contributed by atoms with Crippen LogP contribution in [0, 0.1) is 20.2 Å². The van der Waals surface area contributed by atoms with Gasteiger partial charge in [-0.1, -0.05) is 42.5 Å². The molecule has 33 heavy (non-hydrogen) atoms. The standard InChI is InChI=1S/C24H18N2O7/c1-32-23-15-18(7-10-19-11-12-20(25(28)29)16-21(19)26(30)31)8-13-22(23)33-24(27)14-9-17-5-3-2-4-6-17/h2-16H,1H3/b10-7+,14-9+. The molecule has 0 bridgehead atoms. The Balaban J connectivity index is 1.78. The van der Waals surface area contributed by atoms with Gasteiger partial charge in [-0.2, -0.15) is 0 Å². The summed E-state index contributed by atoms with van der Waals surface area (Å²) in [5, 5.41) is 22.1. The molecule has 0 aromatic heterocycles. The van der Waals surface area contributed by atoms with E-state index in [-0.39, 0.29) is 28.4 Å². The first kappa shape index (κ1) is 22.9. The van der Waals surface area contributed by atoms with Gasteiger partial charge in [0.25, 0.3) is 11.4 Å². The van der Waals surface area contributed by atoms with E-state index in [4.69, 9.17) is 9.47 Å². The third-order valence-electron chi connectivity index (χ3n) is 4.49. The van der Waals surface area contributed by atoms with E-state index < -0.39 is 15.8 Å². The molecule has 166 valence electrons. The van der Waals surface area contributed by atoms with E-state index in [9.17, 15) is 25.0 Å². The van der Waals surface area contributed by atoms with Crippen LogP contribution in [0.25, 0.3) is 18.2 Å². The minimum absolute atomic E-state index is 0.200. The van der Waals surface area contributed by atoms with E-state index in [0.717, 1.165) is 11.6 Å². The number of rotatable bonds is 8. The van der Waals surface area contributed by atoms with E-state index in [1.54, 1.807) is 24.3 Å². The lowest BCUT2D eigenvalue weighted by atomic mass is 10.1. The largest absolute Gasteiger partial charge is 0.493 e. The number of ether oxygens (including phenoxy) is 2. The second-order valence-corrected chi connectivity index (χ2v) is 6.67. The first-order valence-electron chi connectivity index (χ1n) is 9.61. The monoisotopic (exact) mass is 446 g/mol. The molecule has 0 unspecified atom stereocenters. The zero-order valence-electron chi connectivity index (χ0n) is 17.4. The molecular weight excluding hydrogens is 428 g/mol. The van der Waals surface area contributed by atoms with E-state index in [1.807, 2.05) is 30.3 Å². The van der Waals surface area contributed by atoms with Gasteiger partial charge in [-0.15, -0.1) is 0 Å². The lowest BCUT2D eigenvalue weighted by molar-refractivity contribution is -0.394. The predicted octanol–water partition coefficient (Wildman–Crippen LogP) is 5.30. The molecule has 0 saturated carbocycles. The summed E-state index contributed by atoms with van der Waals surface area (Å²) in [5.41, 5.74) is 0.906. The summed E-state index contributed by atoms with van der Waals surface area (Å²) in [6.45, 7) is 0. The maximum Gasteiger partial charge on any atom is 0.336 e. The smallest absolute Gasteiger partial charge is 0.336 e. The minimum Gasteiger partial charge on any atom is -0.493 e. The predicted molar refractivity (Wildman–Crippen MR) is 123 cm³/mol. The van der Waals surface area contributed by atoms with Gasteiger partial charge >= 0.3 is 5.97 Å². The molecule has 0 fully saturated rings. The summed E-state index contributed by atoms with van der Waals surface area (Å²) >= 11 is 0. The number of non-ortho nitro benzene ring substituents is 1. The molecule has 0 heterocycles. The Labute approximate surface area is 188 Å². The zero-order valence-corrected chi connectivity index (χ0v) is 17.4. The SMILES string of the molecule is COc1cc(/C=C/c2ccc([N+](=O)[O-])cc2[N+](=O)[O-])ccc1OC(=O)/C=C/c1ccccc1. The normalized spacial score (nSPS) is 10.9. The number of hydrogen-bond donors (Lipinski definition) is 0.